The highest BCUT2D eigenvalue weighted by molar-refractivity contribution is 7.80. The van der Waals surface area contributed by atoms with E-state index in [1.54, 1.807) is 7.05 Å². The van der Waals surface area contributed by atoms with Crippen molar-refractivity contribution in [3.8, 4) is 0 Å². The van der Waals surface area contributed by atoms with Crippen molar-refractivity contribution in [1.29, 1.82) is 0 Å². The molecule has 3 N–H and O–H groups in total. The number of carbonyl (C=O) groups excluding carboxylic acids is 3. The van der Waals surface area contributed by atoms with Gasteiger partial charge in [0.25, 0.3) is 0 Å². The van der Waals surface area contributed by atoms with Gasteiger partial charge in [-0.2, -0.15) is 0 Å². The maximum absolute atomic E-state index is 11.6. The van der Waals surface area contributed by atoms with Crippen molar-refractivity contribution in [2.24, 2.45) is 5.73 Å². The van der Waals surface area contributed by atoms with E-state index in [0.717, 1.165) is 0 Å². The van der Waals surface area contributed by atoms with Gasteiger partial charge in [-0.1, -0.05) is 12.2 Å². The van der Waals surface area contributed by atoms with Crippen molar-refractivity contribution in [2.75, 3.05) is 33.2 Å². The molecule has 0 bridgehead atoms. The summed E-state index contributed by atoms with van der Waals surface area (Å²) < 4.78 is 0. The number of nitrogens with zero attached hydrogens (tertiary/aromatic N) is 2. The van der Waals surface area contributed by atoms with Crippen molar-refractivity contribution in [1.82, 2.24) is 15.1 Å². The molecule has 0 radical (unpaired) electrons. The van der Waals surface area contributed by atoms with Crippen molar-refractivity contribution < 1.29 is 14.4 Å². The smallest absolute Gasteiger partial charge is 0.312 e. The van der Waals surface area contributed by atoms with Gasteiger partial charge in [0, 0.05) is 20.1 Å². The van der Waals surface area contributed by atoms with Crippen LogP contribution in [0.25, 0.3) is 0 Å². The maximum Gasteiger partial charge on any atom is 0.312 e. The SMILES string of the molecule is CN1CCN(C(=O)C(=O)NCC(N)=S)CC1=O. The van der Waals surface area contributed by atoms with Gasteiger partial charge in [0.15, 0.2) is 0 Å². The van der Waals surface area contributed by atoms with Crippen LogP contribution in [-0.2, 0) is 14.4 Å². The van der Waals surface area contributed by atoms with Gasteiger partial charge in [0.1, 0.15) is 6.54 Å². The third-order valence-corrected chi connectivity index (χ3v) is 2.51. The van der Waals surface area contributed by atoms with Crippen LogP contribution in [0.5, 0.6) is 0 Å². The summed E-state index contributed by atoms with van der Waals surface area (Å²) in [6.45, 7) is 0.673. The highest BCUT2D eigenvalue weighted by Crippen LogP contribution is 2.01. The van der Waals surface area contributed by atoms with Gasteiger partial charge in [-0.15, -0.1) is 0 Å². The molecule has 0 unspecified atom stereocenters. The van der Waals surface area contributed by atoms with E-state index in [-0.39, 0.29) is 24.0 Å². The molecule has 1 rings (SSSR count). The second-order valence-corrected chi connectivity index (χ2v) is 4.22. The van der Waals surface area contributed by atoms with E-state index in [9.17, 15) is 14.4 Å². The molecule has 0 atom stereocenters. The second-order valence-electron chi connectivity index (χ2n) is 3.69. The van der Waals surface area contributed by atoms with Crippen molar-refractivity contribution in [3.05, 3.63) is 0 Å². The number of hydrogen-bond donors (Lipinski definition) is 2. The average molecular weight is 258 g/mol. The number of carbonyl (C=O) groups is 3. The van der Waals surface area contributed by atoms with Gasteiger partial charge in [-0.25, -0.2) is 0 Å². The van der Waals surface area contributed by atoms with E-state index in [1.165, 1.54) is 9.80 Å². The number of hydrogen-bond acceptors (Lipinski definition) is 4. The van der Waals surface area contributed by atoms with Gasteiger partial charge in [-0.3, -0.25) is 14.4 Å². The van der Waals surface area contributed by atoms with Crippen molar-refractivity contribution >= 4 is 34.9 Å². The van der Waals surface area contributed by atoms with E-state index < -0.39 is 11.8 Å². The molecule has 3 amide bonds. The summed E-state index contributed by atoms with van der Waals surface area (Å²) >= 11 is 4.57. The summed E-state index contributed by atoms with van der Waals surface area (Å²) in [4.78, 5) is 37.2. The lowest BCUT2D eigenvalue weighted by atomic mass is 10.3. The fourth-order valence-electron chi connectivity index (χ4n) is 1.32. The lowest BCUT2D eigenvalue weighted by Crippen LogP contribution is -2.54. The topological polar surface area (TPSA) is 95.7 Å². The molecule has 1 saturated heterocycles. The van der Waals surface area contributed by atoms with E-state index in [0.29, 0.717) is 13.1 Å². The van der Waals surface area contributed by atoms with Crippen LogP contribution >= 0.6 is 12.2 Å². The van der Waals surface area contributed by atoms with Crippen LogP contribution in [0.15, 0.2) is 0 Å². The van der Waals surface area contributed by atoms with Crippen LogP contribution in [-0.4, -0.2) is 65.7 Å². The molecule has 1 aliphatic heterocycles. The number of thiocarbonyl (C=S) groups is 1. The first-order valence-electron chi connectivity index (χ1n) is 5.01. The summed E-state index contributed by atoms with van der Waals surface area (Å²) in [5.41, 5.74) is 5.19. The molecule has 8 heteroatoms. The average Bonchev–Trinajstić information content (AvgIpc) is 2.28. The lowest BCUT2D eigenvalue weighted by molar-refractivity contribution is -0.150. The zero-order valence-corrected chi connectivity index (χ0v) is 10.2. The van der Waals surface area contributed by atoms with E-state index in [4.69, 9.17) is 5.73 Å². The molecule has 0 aromatic rings. The van der Waals surface area contributed by atoms with Crippen molar-refractivity contribution in [2.45, 2.75) is 0 Å². The number of rotatable bonds is 2. The molecule has 0 aromatic heterocycles. The number of nitrogens with one attached hydrogen (secondary N) is 1. The molecule has 1 aliphatic rings. The second kappa shape index (κ2) is 5.58. The number of likely N-dealkylation sites (N-methyl/N-ethyl adjacent to an activating group) is 1. The van der Waals surface area contributed by atoms with Crippen LogP contribution in [0.3, 0.4) is 0 Å². The first-order chi connectivity index (χ1) is 7.91. The Hall–Kier alpha value is -1.70. The quantitative estimate of drug-likeness (QED) is 0.428. The predicted molar refractivity (Wildman–Crippen MR) is 64.0 cm³/mol. The van der Waals surface area contributed by atoms with Gasteiger partial charge in [0.2, 0.25) is 5.91 Å². The molecule has 94 valence electrons. The van der Waals surface area contributed by atoms with Crippen LogP contribution in [0.4, 0.5) is 0 Å². The molecule has 1 fully saturated rings. The molecule has 7 nitrogen and oxygen atoms in total. The normalized spacial score (nSPS) is 15.7. The predicted octanol–water partition coefficient (Wildman–Crippen LogP) is -2.31. The molecule has 17 heavy (non-hydrogen) atoms. The molecule has 1 heterocycles. The maximum atomic E-state index is 11.6. The zero-order chi connectivity index (χ0) is 13.0. The van der Waals surface area contributed by atoms with E-state index in [1.807, 2.05) is 0 Å². The Bertz CT molecular complexity index is 371. The van der Waals surface area contributed by atoms with Gasteiger partial charge < -0.3 is 20.9 Å². The summed E-state index contributed by atoms with van der Waals surface area (Å²) in [5, 5.41) is 2.28. The third kappa shape index (κ3) is 3.66. The van der Waals surface area contributed by atoms with Gasteiger partial charge in [-0.05, 0) is 0 Å². The van der Waals surface area contributed by atoms with Gasteiger partial charge in [0.05, 0.1) is 11.5 Å². The lowest BCUT2D eigenvalue weighted by Gasteiger charge is -2.31. The molecular weight excluding hydrogens is 244 g/mol. The summed E-state index contributed by atoms with van der Waals surface area (Å²) in [5.74, 6) is -1.72. The minimum Gasteiger partial charge on any atom is -0.392 e. The van der Waals surface area contributed by atoms with Crippen LogP contribution in [0.2, 0.25) is 0 Å². The largest absolute Gasteiger partial charge is 0.392 e. The first kappa shape index (κ1) is 13.4. The van der Waals surface area contributed by atoms with Crippen LogP contribution in [0.1, 0.15) is 0 Å². The summed E-state index contributed by atoms with van der Waals surface area (Å²) in [6, 6.07) is 0. The standard InChI is InChI=1S/C9H14N4O3S/c1-12-2-3-13(5-7(12)14)9(16)8(15)11-4-6(10)17/h2-5H2,1H3,(H2,10,17)(H,11,15). The molecular formula is C9H14N4O3S. The molecule has 0 saturated carbocycles. The Morgan fingerprint density at radius 2 is 2.12 bits per heavy atom. The highest BCUT2D eigenvalue weighted by atomic mass is 32.1. The Kier molecular flexibility index (Phi) is 4.38. The highest BCUT2D eigenvalue weighted by Gasteiger charge is 2.28. The first-order valence-corrected chi connectivity index (χ1v) is 5.42. The third-order valence-electron chi connectivity index (χ3n) is 2.36. The van der Waals surface area contributed by atoms with E-state index >= 15 is 0 Å². The Labute approximate surface area is 104 Å². The van der Waals surface area contributed by atoms with Crippen molar-refractivity contribution in [3.63, 3.8) is 0 Å². The monoisotopic (exact) mass is 258 g/mol. The fourth-order valence-corrected chi connectivity index (χ4v) is 1.39. The summed E-state index contributed by atoms with van der Waals surface area (Å²) in [7, 11) is 1.65. The number of nitrogens with two attached hydrogens (primary N) is 1. The zero-order valence-electron chi connectivity index (χ0n) is 9.43. The fraction of sp³-hybridized carbons (Fsp3) is 0.556. The number of piperazine rings is 1. The van der Waals surface area contributed by atoms with E-state index in [2.05, 4.69) is 17.5 Å². The van der Waals surface area contributed by atoms with Gasteiger partial charge >= 0.3 is 11.8 Å². The molecule has 0 aliphatic carbocycles. The molecule has 0 aromatic carbocycles. The Balaban J connectivity index is 2.50. The Morgan fingerprint density at radius 3 is 2.65 bits per heavy atom. The summed E-state index contributed by atoms with van der Waals surface area (Å²) in [6.07, 6.45) is 0. The number of amides is 3. The van der Waals surface area contributed by atoms with Crippen LogP contribution < -0.4 is 11.1 Å². The Morgan fingerprint density at radius 1 is 1.47 bits per heavy atom. The molecule has 0 spiro atoms. The minimum atomic E-state index is -0.796. The van der Waals surface area contributed by atoms with Crippen LogP contribution in [0, 0.1) is 0 Å². The minimum absolute atomic E-state index is 0.0262.